The maximum atomic E-state index is 14.2. The zero-order chi connectivity index (χ0) is 61.2. The molecule has 0 saturated heterocycles. The Hall–Kier alpha value is -8.33. The minimum atomic E-state index is -1.09. The number of thiazole rings is 6. The van der Waals surface area contributed by atoms with E-state index < -0.39 is 71.9 Å². The standard InChI is InChI=1S/C55H56N14O11S6/c1-26-40-47(76)69-53-68-42(35(86-53)21-78-7)46(75)58-20-39(73)66-43(44(79-27(2)70)28-13-9-8-10-14-28)52-63-34(24-83-52)50-61-32(22-82-50)41-29(48-62-33(23-81-48)45(74)60-31(19-38(72)56-6)51(67-40)85-26)16-17-30(59-41)49-65-36(25-84-49)64-37(71)15-11-12-18-57-54(77)80-55(3,4)5/h8-10,13-14,16-17,22-25,31,43-44H,11-12,15,18-21H2,1-7H3,(H,56,72)(H,57,77)(H,58,75)(H,60,74)(H,64,71)(H,66,73)(H,68,69,76)/t31-,43-,44-/m0/s1. The number of alkyl carbamates (subject to hydrolysis) is 1. The van der Waals surface area contributed by atoms with Gasteiger partial charge in [0.1, 0.15) is 76.7 Å². The number of methoxy groups -OCH3 is 1. The molecular weight excluding hydrogens is 1230 g/mol. The van der Waals surface area contributed by atoms with E-state index in [-0.39, 0.29) is 52.6 Å². The predicted molar refractivity (Wildman–Crippen MR) is 326 cm³/mol. The number of ether oxygens (including phenoxy) is 3. The molecule has 3 atom stereocenters. The van der Waals surface area contributed by atoms with E-state index in [0.717, 1.165) is 34.0 Å². The molecular formula is C55H56N14O11S6. The maximum Gasteiger partial charge on any atom is 0.407 e. The number of unbranched alkanes of at least 4 members (excludes halogenated alkanes) is 1. The summed E-state index contributed by atoms with van der Waals surface area (Å²) in [7, 11) is 2.88. The zero-order valence-corrected chi connectivity index (χ0v) is 52.0. The molecule has 1 aromatic carbocycles. The minimum Gasteiger partial charge on any atom is -0.455 e. The number of hydrogen-bond acceptors (Lipinski definition) is 24. The lowest BCUT2D eigenvalue weighted by Crippen LogP contribution is -2.41. The summed E-state index contributed by atoms with van der Waals surface area (Å²) in [6.07, 6.45) is -0.629. The van der Waals surface area contributed by atoms with Crippen molar-refractivity contribution in [3.05, 3.63) is 106 Å². The van der Waals surface area contributed by atoms with Crippen molar-refractivity contribution in [1.82, 2.24) is 61.5 Å². The molecule has 1 aliphatic rings. The van der Waals surface area contributed by atoms with Crippen LogP contribution in [-0.4, -0.2) is 115 Å². The maximum absolute atomic E-state index is 14.2. The molecule has 31 heteroatoms. The molecule has 8 heterocycles. The van der Waals surface area contributed by atoms with Crippen molar-refractivity contribution < 1.29 is 52.6 Å². The Kier molecular flexibility index (Phi) is 20.1. The van der Waals surface area contributed by atoms with E-state index >= 15 is 0 Å². The number of pyridine rings is 1. The molecule has 448 valence electrons. The summed E-state index contributed by atoms with van der Waals surface area (Å²) in [5, 5.41) is 27.9. The smallest absolute Gasteiger partial charge is 0.407 e. The summed E-state index contributed by atoms with van der Waals surface area (Å²) < 4.78 is 16.5. The third kappa shape index (κ3) is 15.7. The van der Waals surface area contributed by atoms with Gasteiger partial charge in [-0.3, -0.25) is 38.9 Å². The number of nitrogens with zero attached hydrogens (tertiary/aromatic N) is 7. The number of carbonyl (C=O) groups excluding carboxylic acids is 8. The highest BCUT2D eigenvalue weighted by atomic mass is 32.1. The minimum absolute atomic E-state index is 0.00888. The van der Waals surface area contributed by atoms with Gasteiger partial charge in [-0.25, -0.2) is 39.7 Å². The highest BCUT2D eigenvalue weighted by Crippen LogP contribution is 2.41. The number of fused-ring (bicyclic) bond motifs is 14. The van der Waals surface area contributed by atoms with Crippen molar-refractivity contribution in [3.8, 4) is 43.4 Å². The van der Waals surface area contributed by atoms with E-state index in [9.17, 15) is 38.4 Å². The molecule has 0 aliphatic carbocycles. The van der Waals surface area contributed by atoms with Crippen molar-refractivity contribution in [1.29, 1.82) is 0 Å². The molecule has 1 aliphatic heterocycles. The Bertz CT molecular complexity index is 3830. The van der Waals surface area contributed by atoms with Gasteiger partial charge in [0, 0.05) is 66.0 Å². The van der Waals surface area contributed by atoms with Crippen LogP contribution in [0.3, 0.4) is 0 Å². The largest absolute Gasteiger partial charge is 0.455 e. The topological polar surface area (TPSA) is 339 Å². The van der Waals surface area contributed by atoms with E-state index in [2.05, 4.69) is 52.2 Å². The Morgan fingerprint density at radius 2 is 1.45 bits per heavy atom. The predicted octanol–water partition coefficient (Wildman–Crippen LogP) is 8.64. The van der Waals surface area contributed by atoms with Crippen molar-refractivity contribution >= 4 is 126 Å². The molecule has 7 aromatic heterocycles. The van der Waals surface area contributed by atoms with Gasteiger partial charge in [-0.2, -0.15) is 0 Å². The van der Waals surface area contributed by atoms with Crippen molar-refractivity contribution in [3.63, 3.8) is 0 Å². The summed E-state index contributed by atoms with van der Waals surface area (Å²) in [5.41, 5.74) is 1.86. The van der Waals surface area contributed by atoms with Crippen LogP contribution < -0.4 is 37.2 Å². The molecule has 0 fully saturated rings. The Balaban J connectivity index is 1.07. The van der Waals surface area contributed by atoms with E-state index in [1.165, 1.54) is 55.1 Å². The Morgan fingerprint density at radius 3 is 2.21 bits per heavy atom. The first-order valence-electron chi connectivity index (χ1n) is 26.4. The van der Waals surface area contributed by atoms with E-state index in [0.29, 0.717) is 88.9 Å². The molecule has 9 rings (SSSR count). The molecule has 0 spiro atoms. The lowest BCUT2D eigenvalue weighted by molar-refractivity contribution is -0.149. The fourth-order valence-corrected chi connectivity index (χ4v) is 13.6. The van der Waals surface area contributed by atoms with Gasteiger partial charge in [-0.15, -0.1) is 56.7 Å². The van der Waals surface area contributed by atoms with Gasteiger partial charge in [0.25, 0.3) is 17.7 Å². The lowest BCUT2D eigenvalue weighted by atomic mass is 10.0. The quantitative estimate of drug-likeness (QED) is 0.0395. The third-order valence-corrected chi connectivity index (χ3v) is 17.8. The highest BCUT2D eigenvalue weighted by Gasteiger charge is 2.34. The van der Waals surface area contributed by atoms with Crippen LogP contribution in [0, 0.1) is 6.92 Å². The number of amides is 7. The van der Waals surface area contributed by atoms with Gasteiger partial charge < -0.3 is 46.1 Å². The summed E-state index contributed by atoms with van der Waals surface area (Å²) >= 11 is 6.91. The molecule has 8 aromatic rings. The zero-order valence-electron chi connectivity index (χ0n) is 47.1. The average molecular weight is 1280 g/mol. The van der Waals surface area contributed by atoms with Crippen molar-refractivity contribution in [2.75, 3.05) is 37.9 Å². The normalized spacial score (nSPS) is 15.1. The average Bonchev–Trinajstić information content (AvgIpc) is 2.27. The molecule has 0 unspecified atom stereocenters. The second kappa shape index (κ2) is 27.8. The van der Waals surface area contributed by atoms with Gasteiger partial charge in [0.15, 0.2) is 11.2 Å². The number of aryl methyl sites for hydroxylation is 1. The Labute approximate surface area is 515 Å². The van der Waals surface area contributed by atoms with Crippen LogP contribution in [0.5, 0.6) is 0 Å². The molecule has 10 bridgehead atoms. The van der Waals surface area contributed by atoms with Crippen LogP contribution in [-0.2, 0) is 40.0 Å². The number of anilines is 2. The molecule has 0 radical (unpaired) electrons. The van der Waals surface area contributed by atoms with Gasteiger partial charge in [-0.1, -0.05) is 41.7 Å². The number of carbonyl (C=O) groups is 8. The number of esters is 1. The van der Waals surface area contributed by atoms with Crippen LogP contribution >= 0.6 is 68.0 Å². The third-order valence-electron chi connectivity index (χ3n) is 12.3. The molecule has 0 saturated carbocycles. The molecule has 25 nitrogen and oxygen atoms in total. The van der Waals surface area contributed by atoms with Crippen LogP contribution in [0.4, 0.5) is 15.7 Å². The highest BCUT2D eigenvalue weighted by molar-refractivity contribution is 7.16. The van der Waals surface area contributed by atoms with Crippen LogP contribution in [0.2, 0.25) is 0 Å². The van der Waals surface area contributed by atoms with Gasteiger partial charge >= 0.3 is 12.1 Å². The first-order valence-corrected chi connectivity index (χ1v) is 31.6. The van der Waals surface area contributed by atoms with Crippen LogP contribution in [0.25, 0.3) is 43.4 Å². The van der Waals surface area contributed by atoms with Crippen LogP contribution in [0.1, 0.15) is 128 Å². The monoisotopic (exact) mass is 1280 g/mol. The summed E-state index contributed by atoms with van der Waals surface area (Å²) in [5.74, 6) is -3.75. The van der Waals surface area contributed by atoms with Gasteiger partial charge in [0.2, 0.25) is 17.7 Å². The van der Waals surface area contributed by atoms with E-state index in [1.807, 2.05) is 0 Å². The number of hydrogen-bond donors (Lipinski definition) is 7. The summed E-state index contributed by atoms with van der Waals surface area (Å²) in [4.78, 5) is 141. The number of benzene rings is 1. The second-order valence-electron chi connectivity index (χ2n) is 19.9. The second-order valence-corrected chi connectivity index (χ2v) is 25.7. The first kappa shape index (κ1) is 62.2. The van der Waals surface area contributed by atoms with Crippen LogP contribution in [0.15, 0.2) is 64.0 Å². The summed E-state index contributed by atoms with van der Waals surface area (Å²) in [6, 6.07) is 10.2. The van der Waals surface area contributed by atoms with Crippen molar-refractivity contribution in [2.24, 2.45) is 0 Å². The number of rotatable bonds is 14. The van der Waals surface area contributed by atoms with E-state index in [4.69, 9.17) is 34.1 Å². The van der Waals surface area contributed by atoms with E-state index in [1.54, 1.807) is 91.7 Å². The van der Waals surface area contributed by atoms with Gasteiger partial charge in [-0.05, 0) is 58.2 Å². The fourth-order valence-electron chi connectivity index (χ4n) is 8.40. The molecule has 7 N–H and O–H groups in total. The molecule has 86 heavy (non-hydrogen) atoms. The number of nitrogens with one attached hydrogen (secondary N) is 7. The van der Waals surface area contributed by atoms with Crippen molar-refractivity contribution in [2.45, 2.75) is 90.7 Å². The molecule has 7 amide bonds. The number of aromatic nitrogens is 7. The first-order chi connectivity index (χ1) is 41.2. The fraction of sp³-hybridized carbons (Fsp3) is 0.327. The lowest BCUT2D eigenvalue weighted by Gasteiger charge is -2.26. The Morgan fingerprint density at radius 1 is 0.721 bits per heavy atom. The SMILES string of the molecule is CNC(=O)C[C@@H]1NC(=O)c2csc(n2)-c2ccc(-c3nc(NC(=O)CCCCNC(=O)OC(C)(C)C)cs3)nc2-c2csc(n2)-c2csc(n2)[C@H]([C@@H](OC(C)=O)c2ccccc2)NC(=O)CNC(=O)c2nc(sc2COC)NC(=O)c2nc1sc2C. The summed E-state index contributed by atoms with van der Waals surface area (Å²) in [6.45, 7) is 7.95. The van der Waals surface area contributed by atoms with Gasteiger partial charge in [0.05, 0.1) is 36.2 Å².